The SMILES string of the molecule is COc1ccc(SCC2(O)C=C(CC(F)(F)F)C(=O)N2CCCNc2ccnc3cc(Cl)ccc23)cc1. The predicted molar refractivity (Wildman–Crippen MR) is 139 cm³/mol. The van der Waals surface area contributed by atoms with Gasteiger partial charge in [0.2, 0.25) is 0 Å². The van der Waals surface area contributed by atoms with Crippen LogP contribution in [0.15, 0.2) is 71.3 Å². The molecule has 0 spiro atoms. The van der Waals surface area contributed by atoms with E-state index in [0.29, 0.717) is 23.7 Å². The molecular weight excluding hydrogens is 527 g/mol. The Morgan fingerprint density at radius 1 is 1.19 bits per heavy atom. The number of carbonyl (C=O) groups is 1. The van der Waals surface area contributed by atoms with Crippen LogP contribution in [0.3, 0.4) is 0 Å². The molecule has 4 rings (SSSR count). The van der Waals surface area contributed by atoms with E-state index in [-0.39, 0.29) is 12.3 Å². The molecule has 1 amide bonds. The first-order valence-corrected chi connectivity index (χ1v) is 12.8. The number of aliphatic hydroxyl groups is 1. The van der Waals surface area contributed by atoms with E-state index in [1.165, 1.54) is 11.8 Å². The van der Waals surface area contributed by atoms with Gasteiger partial charge in [0.1, 0.15) is 5.75 Å². The maximum atomic E-state index is 13.1. The molecular formula is C26H25ClF3N3O3S. The third-order valence-electron chi connectivity index (χ3n) is 5.87. The molecule has 6 nitrogen and oxygen atoms in total. The summed E-state index contributed by atoms with van der Waals surface area (Å²) in [7, 11) is 1.54. The van der Waals surface area contributed by atoms with Crippen molar-refractivity contribution in [1.29, 1.82) is 0 Å². The zero-order chi connectivity index (χ0) is 26.6. The van der Waals surface area contributed by atoms with Crippen molar-refractivity contribution in [2.24, 2.45) is 0 Å². The second-order valence-corrected chi connectivity index (χ2v) is 10.0. The van der Waals surface area contributed by atoms with Crippen LogP contribution in [0.4, 0.5) is 18.9 Å². The maximum Gasteiger partial charge on any atom is 0.393 e. The van der Waals surface area contributed by atoms with Crippen LogP contribution in [0.2, 0.25) is 5.02 Å². The van der Waals surface area contributed by atoms with E-state index in [4.69, 9.17) is 16.3 Å². The molecule has 0 fully saturated rings. The summed E-state index contributed by atoms with van der Waals surface area (Å²) in [6, 6.07) is 14.2. The van der Waals surface area contributed by atoms with Crippen molar-refractivity contribution in [2.45, 2.75) is 29.6 Å². The van der Waals surface area contributed by atoms with Crippen LogP contribution in [0, 0.1) is 0 Å². The molecule has 1 aromatic heterocycles. The lowest BCUT2D eigenvalue weighted by atomic mass is 10.1. The third kappa shape index (κ3) is 6.68. The van der Waals surface area contributed by atoms with Crippen LogP contribution >= 0.6 is 23.4 Å². The van der Waals surface area contributed by atoms with E-state index in [9.17, 15) is 23.1 Å². The Morgan fingerprint density at radius 2 is 1.95 bits per heavy atom. The van der Waals surface area contributed by atoms with Gasteiger partial charge in [-0.3, -0.25) is 9.78 Å². The van der Waals surface area contributed by atoms with Crippen molar-refractivity contribution in [3.05, 3.63) is 71.4 Å². The normalized spacial score (nSPS) is 17.8. The fourth-order valence-corrected chi connectivity index (χ4v) is 5.24. The number of hydrogen-bond acceptors (Lipinski definition) is 6. The number of methoxy groups -OCH3 is 1. The van der Waals surface area contributed by atoms with Crippen molar-refractivity contribution >= 4 is 45.9 Å². The third-order valence-corrected chi connectivity index (χ3v) is 7.28. The predicted octanol–water partition coefficient (Wildman–Crippen LogP) is 5.90. The van der Waals surface area contributed by atoms with Crippen molar-refractivity contribution < 1.29 is 27.8 Å². The second-order valence-electron chi connectivity index (χ2n) is 8.56. The molecule has 3 aromatic rings. The van der Waals surface area contributed by atoms with Crippen molar-refractivity contribution in [3.63, 3.8) is 0 Å². The summed E-state index contributed by atoms with van der Waals surface area (Å²) in [5.41, 5.74) is -0.758. The Bertz CT molecular complexity index is 1300. The minimum Gasteiger partial charge on any atom is -0.497 e. The Balaban J connectivity index is 1.44. The Morgan fingerprint density at radius 3 is 2.65 bits per heavy atom. The number of ether oxygens (including phenoxy) is 1. The fraction of sp³-hybridized carbons (Fsp3) is 0.308. The number of rotatable bonds is 10. The summed E-state index contributed by atoms with van der Waals surface area (Å²) < 4.78 is 44.4. The quantitative estimate of drug-likeness (QED) is 0.241. The minimum absolute atomic E-state index is 0.0182. The molecule has 0 bridgehead atoms. The van der Waals surface area contributed by atoms with Gasteiger partial charge in [-0.25, -0.2) is 0 Å². The Hall–Kier alpha value is -2.95. The lowest BCUT2D eigenvalue weighted by molar-refractivity contribution is -0.145. The van der Waals surface area contributed by atoms with Crippen molar-refractivity contribution in [2.75, 3.05) is 31.3 Å². The summed E-state index contributed by atoms with van der Waals surface area (Å²) >= 11 is 7.28. The number of amides is 1. The molecule has 1 atom stereocenters. The number of halogens is 4. The summed E-state index contributed by atoms with van der Waals surface area (Å²) in [6.07, 6.45) is -2.86. The summed E-state index contributed by atoms with van der Waals surface area (Å²) in [6.45, 7) is 0.486. The molecule has 2 heterocycles. The average Bonchev–Trinajstić information content (AvgIpc) is 3.08. The molecule has 1 aliphatic rings. The van der Waals surface area contributed by atoms with Crippen LogP contribution in [0.1, 0.15) is 12.8 Å². The smallest absolute Gasteiger partial charge is 0.393 e. The lowest BCUT2D eigenvalue weighted by Crippen LogP contribution is -2.49. The topological polar surface area (TPSA) is 74.7 Å². The first-order chi connectivity index (χ1) is 17.6. The van der Waals surface area contributed by atoms with E-state index in [0.717, 1.165) is 32.5 Å². The standard InChI is InChI=1S/C26H25ClF3N3O3S/c1-36-19-4-6-20(7-5-19)37-16-25(35)14-17(15-26(28,29)30)24(34)33(25)12-2-10-31-22-9-11-32-23-13-18(27)3-8-21(22)23/h3-9,11,13-14,35H,2,10,12,15-16H2,1H3,(H,31,32). The number of aromatic nitrogens is 1. The van der Waals surface area contributed by atoms with Gasteiger partial charge < -0.3 is 20.1 Å². The number of nitrogens with one attached hydrogen (secondary N) is 1. The van der Waals surface area contributed by atoms with Gasteiger partial charge in [-0.15, -0.1) is 11.8 Å². The molecule has 196 valence electrons. The van der Waals surface area contributed by atoms with Gasteiger partial charge in [-0.05, 0) is 61.0 Å². The van der Waals surface area contributed by atoms with E-state index in [2.05, 4.69) is 10.3 Å². The Kier molecular flexibility index (Phi) is 8.20. The molecule has 0 saturated heterocycles. The van der Waals surface area contributed by atoms with Crippen LogP contribution in [-0.2, 0) is 4.79 Å². The number of thioether (sulfide) groups is 1. The molecule has 0 saturated carbocycles. The first kappa shape index (κ1) is 27.1. The van der Waals surface area contributed by atoms with Crippen molar-refractivity contribution in [3.8, 4) is 5.75 Å². The van der Waals surface area contributed by atoms with E-state index < -0.39 is 29.8 Å². The number of fused-ring (bicyclic) bond motifs is 1. The molecule has 1 unspecified atom stereocenters. The fourth-order valence-electron chi connectivity index (χ4n) is 4.12. The van der Waals surface area contributed by atoms with Gasteiger partial charge in [0.15, 0.2) is 5.72 Å². The number of pyridine rings is 1. The van der Waals surface area contributed by atoms with E-state index >= 15 is 0 Å². The molecule has 2 N–H and O–H groups in total. The largest absolute Gasteiger partial charge is 0.497 e. The molecule has 2 aromatic carbocycles. The van der Waals surface area contributed by atoms with Crippen LogP contribution in [0.25, 0.3) is 10.9 Å². The van der Waals surface area contributed by atoms with Gasteiger partial charge in [0, 0.05) is 45.9 Å². The van der Waals surface area contributed by atoms with E-state index in [1.54, 1.807) is 49.7 Å². The number of benzene rings is 2. The number of nitrogens with zero attached hydrogens (tertiary/aromatic N) is 2. The number of hydrogen-bond donors (Lipinski definition) is 2. The molecule has 0 radical (unpaired) electrons. The minimum atomic E-state index is -4.56. The maximum absolute atomic E-state index is 13.1. The zero-order valence-electron chi connectivity index (χ0n) is 19.9. The van der Waals surface area contributed by atoms with Gasteiger partial charge >= 0.3 is 6.18 Å². The van der Waals surface area contributed by atoms with Crippen LogP contribution in [-0.4, -0.2) is 58.8 Å². The highest BCUT2D eigenvalue weighted by Gasteiger charge is 2.46. The molecule has 37 heavy (non-hydrogen) atoms. The molecule has 1 aliphatic heterocycles. The monoisotopic (exact) mass is 551 g/mol. The first-order valence-electron chi connectivity index (χ1n) is 11.5. The van der Waals surface area contributed by atoms with Crippen molar-refractivity contribution in [1.82, 2.24) is 9.88 Å². The summed E-state index contributed by atoms with van der Waals surface area (Å²) in [5.74, 6) is -0.167. The highest BCUT2D eigenvalue weighted by Crippen LogP contribution is 2.37. The van der Waals surface area contributed by atoms with Gasteiger partial charge in [-0.1, -0.05) is 11.6 Å². The molecule has 0 aliphatic carbocycles. The number of carbonyl (C=O) groups excluding carboxylic acids is 1. The lowest BCUT2D eigenvalue weighted by Gasteiger charge is -2.33. The van der Waals surface area contributed by atoms with Gasteiger partial charge in [0.25, 0.3) is 5.91 Å². The van der Waals surface area contributed by atoms with E-state index in [1.807, 2.05) is 12.1 Å². The van der Waals surface area contributed by atoms with Crippen LogP contribution < -0.4 is 10.1 Å². The van der Waals surface area contributed by atoms with Gasteiger partial charge in [-0.2, -0.15) is 13.2 Å². The summed E-state index contributed by atoms with van der Waals surface area (Å²) in [5, 5.41) is 16.0. The second kappa shape index (κ2) is 11.2. The Labute approximate surface area is 221 Å². The highest BCUT2D eigenvalue weighted by atomic mass is 35.5. The van der Waals surface area contributed by atoms with Crippen LogP contribution in [0.5, 0.6) is 5.75 Å². The number of alkyl halides is 3. The average molecular weight is 552 g/mol. The highest BCUT2D eigenvalue weighted by molar-refractivity contribution is 7.99. The molecule has 11 heteroatoms. The van der Waals surface area contributed by atoms with Gasteiger partial charge in [0.05, 0.1) is 24.8 Å². The summed E-state index contributed by atoms with van der Waals surface area (Å²) in [4.78, 5) is 19.1. The zero-order valence-corrected chi connectivity index (χ0v) is 21.5. The number of anilines is 1.